The predicted molar refractivity (Wildman–Crippen MR) is 160 cm³/mol. The van der Waals surface area contributed by atoms with E-state index in [9.17, 15) is 9.59 Å². The van der Waals surface area contributed by atoms with Crippen molar-refractivity contribution in [1.29, 1.82) is 5.41 Å². The fraction of sp³-hybridized carbons (Fsp3) is 0.323. The molecule has 0 aromatic heterocycles. The first-order chi connectivity index (χ1) is 20.6. The van der Waals surface area contributed by atoms with Crippen molar-refractivity contribution in [2.24, 2.45) is 0 Å². The fourth-order valence-corrected chi connectivity index (χ4v) is 4.44. The van der Waals surface area contributed by atoms with Gasteiger partial charge in [0.2, 0.25) is 12.2 Å². The molecule has 0 amide bonds. The Morgan fingerprint density at radius 1 is 0.767 bits per heavy atom. The van der Waals surface area contributed by atoms with Gasteiger partial charge in [-0.05, 0) is 23.3 Å². The van der Waals surface area contributed by atoms with E-state index in [1.807, 2.05) is 60.7 Å². The zero-order valence-electron chi connectivity index (χ0n) is 23.1. The van der Waals surface area contributed by atoms with Crippen molar-refractivity contribution >= 4 is 52.6 Å². The zero-order chi connectivity index (χ0) is 30.8. The molecule has 1 N–H and O–H groups in total. The Kier molecular flexibility index (Phi) is 11.8. The van der Waals surface area contributed by atoms with Crippen LogP contribution < -0.4 is 0 Å². The summed E-state index contributed by atoms with van der Waals surface area (Å²) in [5.74, 6) is -2.05. The summed E-state index contributed by atoms with van der Waals surface area (Å²) < 4.78 is 33.5. The van der Waals surface area contributed by atoms with E-state index in [1.165, 1.54) is 6.92 Å². The Morgan fingerprint density at radius 3 is 1.79 bits per heavy atom. The molecule has 0 unspecified atom stereocenters. The lowest BCUT2D eigenvalue weighted by Gasteiger charge is -2.45. The summed E-state index contributed by atoms with van der Waals surface area (Å²) in [4.78, 5) is 25.1. The fourth-order valence-electron chi connectivity index (χ4n) is 4.31. The van der Waals surface area contributed by atoms with E-state index < -0.39 is 52.3 Å². The maximum Gasteiger partial charge on any atom is 0.338 e. The molecule has 0 spiro atoms. The number of benzene rings is 3. The van der Waals surface area contributed by atoms with Crippen LogP contribution in [0.15, 0.2) is 91.0 Å². The topological polar surface area (TPSA) is 113 Å². The molecule has 0 bridgehead atoms. The minimum absolute atomic E-state index is 0.0883. The molecule has 0 aliphatic carbocycles. The van der Waals surface area contributed by atoms with Crippen molar-refractivity contribution in [3.63, 3.8) is 0 Å². The summed E-state index contributed by atoms with van der Waals surface area (Å²) in [5.41, 5.74) is 1.93. The Balaban J connectivity index is 1.72. The van der Waals surface area contributed by atoms with Gasteiger partial charge in [-0.1, -0.05) is 114 Å². The standard InChI is InChI=1S/C31H30Cl3NO8/c1-20(36)38-19-24-25(39-17-21-11-5-2-6-12-21)26(40-18-22-13-7-3-8-14-22)27(29(41-24)43-30(35)31(32,33)34)42-28(37)23-15-9-4-10-16-23/h2-16,24-27,29,35H,17-19H2,1H3/t24-,25-,26+,27+,29-/m1/s1. The summed E-state index contributed by atoms with van der Waals surface area (Å²) in [5, 5.41) is 8.20. The lowest BCUT2D eigenvalue weighted by atomic mass is 9.97. The number of halogens is 3. The Labute approximate surface area is 264 Å². The van der Waals surface area contributed by atoms with Crippen LogP contribution >= 0.6 is 34.8 Å². The molecule has 12 heteroatoms. The largest absolute Gasteiger partial charge is 0.463 e. The molecule has 1 saturated heterocycles. The average Bonchev–Trinajstić information content (AvgIpc) is 3.00. The summed E-state index contributed by atoms with van der Waals surface area (Å²) in [6, 6.07) is 27.0. The summed E-state index contributed by atoms with van der Waals surface area (Å²) in [6.07, 6.45) is -5.82. The second-order valence-electron chi connectivity index (χ2n) is 9.55. The van der Waals surface area contributed by atoms with E-state index in [0.717, 1.165) is 11.1 Å². The Bertz CT molecular complexity index is 1340. The summed E-state index contributed by atoms with van der Waals surface area (Å²) >= 11 is 17.7. The molecular formula is C31H30Cl3NO8. The quantitative estimate of drug-likeness (QED) is 0.116. The number of ether oxygens (including phenoxy) is 6. The first kappa shape index (κ1) is 32.7. The number of esters is 2. The normalized spacial score (nSPS) is 21.9. The van der Waals surface area contributed by atoms with Gasteiger partial charge in [0.1, 0.15) is 24.9 Å². The van der Waals surface area contributed by atoms with Crippen LogP contribution in [-0.4, -0.2) is 58.9 Å². The number of nitrogens with one attached hydrogen (secondary N) is 1. The molecule has 1 aliphatic rings. The monoisotopic (exact) mass is 649 g/mol. The highest BCUT2D eigenvalue weighted by molar-refractivity contribution is 6.76. The van der Waals surface area contributed by atoms with Crippen molar-refractivity contribution in [2.45, 2.75) is 54.6 Å². The van der Waals surface area contributed by atoms with Gasteiger partial charge in [0.25, 0.3) is 3.79 Å². The maximum atomic E-state index is 13.3. The van der Waals surface area contributed by atoms with Gasteiger partial charge >= 0.3 is 11.9 Å². The minimum Gasteiger partial charge on any atom is -0.463 e. The Morgan fingerprint density at radius 2 is 1.28 bits per heavy atom. The third-order valence-electron chi connectivity index (χ3n) is 6.36. The number of alkyl halides is 3. The highest BCUT2D eigenvalue weighted by atomic mass is 35.6. The minimum atomic E-state index is -2.25. The molecule has 228 valence electrons. The third-order valence-corrected chi connectivity index (χ3v) is 6.87. The third kappa shape index (κ3) is 9.66. The van der Waals surface area contributed by atoms with E-state index in [2.05, 4.69) is 0 Å². The molecule has 1 heterocycles. The van der Waals surface area contributed by atoms with Gasteiger partial charge in [-0.3, -0.25) is 10.2 Å². The number of hydrogen-bond acceptors (Lipinski definition) is 9. The van der Waals surface area contributed by atoms with Crippen molar-refractivity contribution < 1.29 is 38.0 Å². The molecule has 5 atom stereocenters. The molecule has 4 rings (SSSR count). The summed E-state index contributed by atoms with van der Waals surface area (Å²) in [7, 11) is 0. The van der Waals surface area contributed by atoms with Crippen LogP contribution in [-0.2, 0) is 46.4 Å². The molecular weight excluding hydrogens is 621 g/mol. The first-order valence-corrected chi connectivity index (χ1v) is 14.4. The van der Waals surface area contributed by atoms with E-state index in [0.29, 0.717) is 0 Å². The van der Waals surface area contributed by atoms with Crippen LogP contribution in [0.1, 0.15) is 28.4 Å². The van der Waals surface area contributed by atoms with Crippen LogP contribution in [0.5, 0.6) is 0 Å². The lowest BCUT2D eigenvalue weighted by molar-refractivity contribution is -0.300. The van der Waals surface area contributed by atoms with E-state index in [1.54, 1.807) is 30.3 Å². The van der Waals surface area contributed by atoms with Crippen LogP contribution in [0.3, 0.4) is 0 Å². The van der Waals surface area contributed by atoms with Crippen molar-refractivity contribution in [1.82, 2.24) is 0 Å². The highest BCUT2D eigenvalue weighted by Crippen LogP contribution is 2.34. The molecule has 0 saturated carbocycles. The van der Waals surface area contributed by atoms with Crippen molar-refractivity contribution in [3.05, 3.63) is 108 Å². The molecule has 1 fully saturated rings. The molecule has 1 aliphatic heterocycles. The lowest BCUT2D eigenvalue weighted by Crippen LogP contribution is -2.62. The molecule has 9 nitrogen and oxygen atoms in total. The highest BCUT2D eigenvalue weighted by Gasteiger charge is 2.52. The first-order valence-electron chi connectivity index (χ1n) is 13.3. The van der Waals surface area contributed by atoms with Gasteiger partial charge in [0.15, 0.2) is 6.10 Å². The van der Waals surface area contributed by atoms with Crippen LogP contribution in [0.4, 0.5) is 0 Å². The van der Waals surface area contributed by atoms with Crippen LogP contribution in [0.25, 0.3) is 0 Å². The Hall–Kier alpha value is -3.18. The SMILES string of the molecule is CC(=O)OC[C@H]1O[C@H](OC(=N)C(Cl)(Cl)Cl)[C@@H](OC(=O)c2ccccc2)[C@@H](OCc2ccccc2)[C@@H]1OCc1ccccc1. The molecule has 43 heavy (non-hydrogen) atoms. The van der Waals surface area contributed by atoms with E-state index >= 15 is 0 Å². The zero-order valence-corrected chi connectivity index (χ0v) is 25.3. The van der Waals surface area contributed by atoms with Crippen molar-refractivity contribution in [2.75, 3.05) is 6.61 Å². The number of carbonyl (C=O) groups is 2. The van der Waals surface area contributed by atoms with Crippen LogP contribution in [0, 0.1) is 5.41 Å². The second-order valence-corrected chi connectivity index (χ2v) is 11.8. The van der Waals surface area contributed by atoms with E-state index in [-0.39, 0.29) is 25.4 Å². The maximum absolute atomic E-state index is 13.3. The second kappa shape index (κ2) is 15.5. The van der Waals surface area contributed by atoms with Gasteiger partial charge in [0.05, 0.1) is 18.8 Å². The number of hydrogen-bond donors (Lipinski definition) is 1. The van der Waals surface area contributed by atoms with Gasteiger partial charge in [-0.15, -0.1) is 0 Å². The summed E-state index contributed by atoms with van der Waals surface area (Å²) in [6.45, 7) is 1.21. The van der Waals surface area contributed by atoms with Gasteiger partial charge in [-0.25, -0.2) is 4.79 Å². The molecule has 0 radical (unpaired) electrons. The predicted octanol–water partition coefficient (Wildman–Crippen LogP) is 6.03. The van der Waals surface area contributed by atoms with Gasteiger partial charge < -0.3 is 28.4 Å². The van der Waals surface area contributed by atoms with E-state index in [4.69, 9.17) is 68.6 Å². The van der Waals surface area contributed by atoms with Gasteiger partial charge in [0, 0.05) is 6.92 Å². The molecule has 3 aromatic rings. The smallest absolute Gasteiger partial charge is 0.338 e. The number of rotatable bonds is 11. The van der Waals surface area contributed by atoms with Crippen LogP contribution in [0.2, 0.25) is 0 Å². The molecule has 3 aromatic carbocycles. The van der Waals surface area contributed by atoms with Crippen molar-refractivity contribution in [3.8, 4) is 0 Å². The van der Waals surface area contributed by atoms with Gasteiger partial charge in [-0.2, -0.15) is 0 Å². The average molecular weight is 651 g/mol. The number of carbonyl (C=O) groups excluding carboxylic acids is 2.